The van der Waals surface area contributed by atoms with Gasteiger partial charge in [-0.15, -0.1) is 21.5 Å². The van der Waals surface area contributed by atoms with Gasteiger partial charge in [-0.1, -0.05) is 35.9 Å². The number of piperidine rings is 1. The quantitative estimate of drug-likeness (QED) is 0.230. The Morgan fingerprint density at radius 1 is 0.930 bits per heavy atom. The first-order chi connectivity index (χ1) is 27.4. The van der Waals surface area contributed by atoms with Gasteiger partial charge in [0.1, 0.15) is 28.7 Å². The van der Waals surface area contributed by atoms with Crippen molar-refractivity contribution in [3.63, 3.8) is 0 Å². The molecule has 1 N–H and O–H groups in total. The van der Waals surface area contributed by atoms with E-state index in [2.05, 4.69) is 34.3 Å². The predicted molar refractivity (Wildman–Crippen MR) is 212 cm³/mol. The minimum absolute atomic E-state index is 0.0462. The fraction of sp³-hybridized carbons (Fsp3) is 0.390. The van der Waals surface area contributed by atoms with E-state index >= 15 is 0 Å². The number of piperazine rings is 1. The van der Waals surface area contributed by atoms with Gasteiger partial charge in [0.25, 0.3) is 11.8 Å². The summed E-state index contributed by atoms with van der Waals surface area (Å²) in [7, 11) is 0. The molecule has 8 rings (SSSR count). The van der Waals surface area contributed by atoms with E-state index in [0.717, 1.165) is 38.1 Å². The molecule has 2 aromatic carbocycles. The molecule has 0 radical (unpaired) electrons. The molecular weight excluding hydrogens is 768 g/mol. The van der Waals surface area contributed by atoms with Gasteiger partial charge in [0, 0.05) is 60.0 Å². The van der Waals surface area contributed by atoms with Crippen molar-refractivity contribution in [1.29, 1.82) is 0 Å². The van der Waals surface area contributed by atoms with Gasteiger partial charge in [-0.25, -0.2) is 0 Å². The lowest BCUT2D eigenvalue weighted by atomic mass is 9.97. The molecule has 5 amide bonds. The van der Waals surface area contributed by atoms with Gasteiger partial charge in [-0.2, -0.15) is 0 Å². The first-order valence-electron chi connectivity index (χ1n) is 19.1. The smallest absolute Gasteiger partial charge is 0.262 e. The van der Waals surface area contributed by atoms with Gasteiger partial charge in [0.2, 0.25) is 17.7 Å². The van der Waals surface area contributed by atoms with Crippen molar-refractivity contribution in [3.8, 4) is 5.00 Å². The Labute approximate surface area is 337 Å². The second-order valence-electron chi connectivity index (χ2n) is 14.9. The Bertz CT molecular complexity index is 2380. The van der Waals surface area contributed by atoms with Crippen molar-refractivity contribution < 1.29 is 28.8 Å². The normalized spacial score (nSPS) is 19.5. The van der Waals surface area contributed by atoms with Crippen LogP contribution >= 0.6 is 22.9 Å². The van der Waals surface area contributed by atoms with Gasteiger partial charge in [0.05, 0.1) is 29.8 Å². The van der Waals surface area contributed by atoms with E-state index in [1.807, 2.05) is 40.7 Å². The summed E-state index contributed by atoms with van der Waals surface area (Å²) >= 11 is 7.91. The number of benzene rings is 2. The van der Waals surface area contributed by atoms with Crippen LogP contribution < -0.4 is 5.32 Å². The van der Waals surface area contributed by atoms with Gasteiger partial charge in [-0.3, -0.25) is 53.4 Å². The molecule has 6 heterocycles. The number of hydrogen-bond acceptors (Lipinski definition) is 11. The Kier molecular flexibility index (Phi) is 10.5. The SMILES string of the molecule is Cc1sc2c(c1C)C(c1ccc(Cl)cc1)=N[C@@H](CC(=O)N1CCN(CC(=O)CCCc3cccc4c3C(=O)N(C3CCC(=O)NC3=O)C4=O)CC1)c1nnc(C)n1-2. The third-order valence-electron chi connectivity index (χ3n) is 11.3. The highest BCUT2D eigenvalue weighted by atomic mass is 35.5. The standard InChI is InChI=1S/C41H41ClN8O6S/c1-22-23(2)57-41-34(22)36(26-10-12-27(42)13-11-26)43-30(37-46-45-24(3)49(37)41)20-33(53)48-18-16-47(17-19-48)21-28(51)8-4-6-25-7-5-9-29-35(25)40(56)50(39(29)55)31-14-15-32(52)44-38(31)54/h5,7,9-13,30-31H,4,6,8,14-21H2,1-3H3,(H,44,52,54)/t30-,31?/m0/s1. The predicted octanol–water partition coefficient (Wildman–Crippen LogP) is 4.33. The molecule has 4 aliphatic rings. The number of ketones is 1. The molecule has 294 valence electrons. The topological polar surface area (TPSA) is 167 Å². The highest BCUT2D eigenvalue weighted by molar-refractivity contribution is 7.15. The molecule has 0 bridgehead atoms. The minimum Gasteiger partial charge on any atom is -0.340 e. The average molecular weight is 809 g/mol. The number of Topliss-reactive ketones (excluding diaryl/α,β-unsaturated/α-hetero) is 1. The number of aliphatic imine (C=N–C) groups is 1. The summed E-state index contributed by atoms with van der Waals surface area (Å²) in [6, 6.07) is 11.0. The summed E-state index contributed by atoms with van der Waals surface area (Å²) in [4.78, 5) is 89.0. The van der Waals surface area contributed by atoms with Crippen LogP contribution in [0.25, 0.3) is 5.00 Å². The van der Waals surface area contributed by atoms with Gasteiger partial charge in [-0.05, 0) is 69.4 Å². The number of carbonyl (C=O) groups excluding carboxylic acids is 6. The Hall–Kier alpha value is -5.38. The number of aromatic nitrogens is 3. The summed E-state index contributed by atoms with van der Waals surface area (Å²) in [5.41, 5.74) is 4.95. The van der Waals surface area contributed by atoms with Crippen molar-refractivity contribution >= 4 is 64.0 Å². The maximum Gasteiger partial charge on any atom is 0.262 e. The molecule has 2 saturated heterocycles. The fourth-order valence-corrected chi connectivity index (χ4v) is 9.52. The van der Waals surface area contributed by atoms with E-state index in [4.69, 9.17) is 16.6 Å². The molecule has 16 heteroatoms. The van der Waals surface area contributed by atoms with Crippen LogP contribution in [0.5, 0.6) is 0 Å². The number of nitrogens with zero attached hydrogens (tertiary/aromatic N) is 7. The number of aryl methyl sites for hydroxylation is 3. The summed E-state index contributed by atoms with van der Waals surface area (Å²) in [6.07, 6.45) is 1.41. The number of halogens is 1. The molecule has 4 aliphatic heterocycles. The first kappa shape index (κ1) is 38.5. The van der Waals surface area contributed by atoms with Crippen LogP contribution in [0.2, 0.25) is 5.02 Å². The molecule has 57 heavy (non-hydrogen) atoms. The van der Waals surface area contributed by atoms with Crippen molar-refractivity contribution in [1.82, 2.24) is 34.8 Å². The van der Waals surface area contributed by atoms with Gasteiger partial charge in [0.15, 0.2) is 5.82 Å². The molecule has 0 spiro atoms. The van der Waals surface area contributed by atoms with Crippen LogP contribution in [0.15, 0.2) is 47.5 Å². The monoisotopic (exact) mass is 808 g/mol. The maximum atomic E-state index is 13.9. The molecule has 0 aliphatic carbocycles. The third kappa shape index (κ3) is 7.23. The Balaban J connectivity index is 0.875. The zero-order chi connectivity index (χ0) is 40.1. The lowest BCUT2D eigenvalue weighted by Crippen LogP contribution is -2.54. The van der Waals surface area contributed by atoms with Crippen LogP contribution in [-0.4, -0.2) is 109 Å². The second kappa shape index (κ2) is 15.5. The lowest BCUT2D eigenvalue weighted by Gasteiger charge is -2.34. The average Bonchev–Trinajstić information content (AvgIpc) is 3.76. The van der Waals surface area contributed by atoms with E-state index in [1.165, 1.54) is 4.88 Å². The van der Waals surface area contributed by atoms with E-state index in [9.17, 15) is 28.8 Å². The Morgan fingerprint density at radius 3 is 2.42 bits per heavy atom. The zero-order valence-electron chi connectivity index (χ0n) is 31.8. The largest absolute Gasteiger partial charge is 0.340 e. The molecule has 4 aromatic rings. The molecule has 0 saturated carbocycles. The number of hydrogen-bond donors (Lipinski definition) is 1. The van der Waals surface area contributed by atoms with Crippen molar-refractivity contribution in [3.05, 3.63) is 97.4 Å². The van der Waals surface area contributed by atoms with Crippen LogP contribution in [-0.2, 0) is 25.6 Å². The number of imide groups is 2. The minimum atomic E-state index is -1.03. The van der Waals surface area contributed by atoms with E-state index in [-0.39, 0.29) is 55.0 Å². The number of carbonyl (C=O) groups is 6. The van der Waals surface area contributed by atoms with Crippen LogP contribution in [0.1, 0.15) is 97.6 Å². The highest BCUT2D eigenvalue weighted by Crippen LogP contribution is 2.40. The van der Waals surface area contributed by atoms with Gasteiger partial charge >= 0.3 is 0 Å². The molecule has 2 aromatic heterocycles. The maximum absolute atomic E-state index is 13.9. The van der Waals surface area contributed by atoms with Crippen molar-refractivity contribution in [2.45, 2.75) is 71.4 Å². The number of amides is 5. The number of rotatable bonds is 10. The van der Waals surface area contributed by atoms with E-state index < -0.39 is 35.7 Å². The molecule has 2 atom stereocenters. The van der Waals surface area contributed by atoms with Crippen LogP contribution in [0.4, 0.5) is 0 Å². The summed E-state index contributed by atoms with van der Waals surface area (Å²) in [5.74, 6) is -0.832. The summed E-state index contributed by atoms with van der Waals surface area (Å²) < 4.78 is 2.03. The Morgan fingerprint density at radius 2 is 1.68 bits per heavy atom. The summed E-state index contributed by atoms with van der Waals surface area (Å²) in [5, 5.41) is 12.8. The first-order valence-corrected chi connectivity index (χ1v) is 20.3. The second-order valence-corrected chi connectivity index (χ2v) is 16.6. The highest BCUT2D eigenvalue weighted by Gasteiger charge is 2.45. The van der Waals surface area contributed by atoms with Gasteiger partial charge < -0.3 is 4.90 Å². The third-order valence-corrected chi connectivity index (χ3v) is 12.8. The molecule has 14 nitrogen and oxygen atoms in total. The summed E-state index contributed by atoms with van der Waals surface area (Å²) in [6.45, 7) is 8.37. The molecule has 1 unspecified atom stereocenters. The van der Waals surface area contributed by atoms with Crippen LogP contribution in [0.3, 0.4) is 0 Å². The van der Waals surface area contributed by atoms with Crippen molar-refractivity contribution in [2.24, 2.45) is 4.99 Å². The molecular formula is C41H41ClN8O6S. The van der Waals surface area contributed by atoms with Crippen LogP contribution in [0, 0.1) is 20.8 Å². The van der Waals surface area contributed by atoms with E-state index in [0.29, 0.717) is 55.4 Å². The lowest BCUT2D eigenvalue weighted by molar-refractivity contribution is -0.136. The van der Waals surface area contributed by atoms with Crippen molar-refractivity contribution in [2.75, 3.05) is 32.7 Å². The number of nitrogens with one attached hydrogen (secondary N) is 1. The number of fused-ring (bicyclic) bond motifs is 4. The number of thiophene rings is 1. The fourth-order valence-electron chi connectivity index (χ4n) is 8.18. The van der Waals surface area contributed by atoms with E-state index in [1.54, 1.807) is 29.5 Å². The molecule has 2 fully saturated rings. The zero-order valence-corrected chi connectivity index (χ0v) is 33.4.